The average molecular weight is 588 g/mol. The minimum atomic E-state index is -0.820. The molecule has 0 amide bonds. The van der Waals surface area contributed by atoms with Crippen LogP contribution in [-0.2, 0) is 22.4 Å². The Kier molecular flexibility index (Phi) is 8.37. The third-order valence-electron chi connectivity index (χ3n) is 6.52. The van der Waals surface area contributed by atoms with Gasteiger partial charge >= 0.3 is 5.97 Å². The van der Waals surface area contributed by atoms with E-state index in [1.54, 1.807) is 42.5 Å². The van der Waals surface area contributed by atoms with Gasteiger partial charge in [-0.1, -0.05) is 70.9 Å². The van der Waals surface area contributed by atoms with Crippen molar-refractivity contribution in [3.63, 3.8) is 0 Å². The normalized spacial score (nSPS) is 11.7. The van der Waals surface area contributed by atoms with Gasteiger partial charge in [0.05, 0.1) is 36.6 Å². The fraction of sp³-hybridized carbons (Fsp3) is 0.133. The number of Topliss-reactive ketones (excluding diaryl/α,β-unsaturated/α-hetero) is 1. The first-order chi connectivity index (χ1) is 19.8. The number of ether oxygens (including phenoxy) is 1. The molecule has 0 aliphatic heterocycles. The summed E-state index contributed by atoms with van der Waals surface area (Å²) in [7, 11) is 1.31. The Bertz CT molecular complexity index is 1770. The summed E-state index contributed by atoms with van der Waals surface area (Å²) >= 11 is 12.2. The number of benzene rings is 3. The van der Waals surface area contributed by atoms with Gasteiger partial charge in [0, 0.05) is 29.5 Å². The summed E-state index contributed by atoms with van der Waals surface area (Å²) in [5.41, 5.74) is 3.03. The highest BCUT2D eigenvalue weighted by Gasteiger charge is 2.24. The van der Waals surface area contributed by atoms with Gasteiger partial charge in [0.2, 0.25) is 0 Å². The van der Waals surface area contributed by atoms with Crippen LogP contribution in [-0.4, -0.2) is 43.4 Å². The van der Waals surface area contributed by atoms with Crippen molar-refractivity contribution in [1.29, 1.82) is 0 Å². The van der Waals surface area contributed by atoms with E-state index in [0.29, 0.717) is 39.5 Å². The molecule has 2 heterocycles. The highest BCUT2D eigenvalue weighted by molar-refractivity contribution is 6.31. The minimum absolute atomic E-state index is 0.0542. The molecule has 5 aromatic rings. The van der Waals surface area contributed by atoms with Gasteiger partial charge in [0.15, 0.2) is 10.9 Å². The maximum Gasteiger partial charge on any atom is 0.337 e. The van der Waals surface area contributed by atoms with Crippen LogP contribution in [0.4, 0.5) is 0 Å². The third kappa shape index (κ3) is 6.42. The molecule has 5 rings (SSSR count). The Hall–Kier alpha value is -4.60. The van der Waals surface area contributed by atoms with Gasteiger partial charge in [-0.2, -0.15) is 0 Å². The molecule has 0 aliphatic carbocycles. The fourth-order valence-corrected chi connectivity index (χ4v) is 4.76. The van der Waals surface area contributed by atoms with E-state index >= 15 is 0 Å². The maximum atomic E-state index is 13.7. The number of hydrogen-bond acceptors (Lipinski definition) is 7. The van der Waals surface area contributed by atoms with Crippen LogP contribution in [0.3, 0.4) is 0 Å². The second-order valence-electron chi connectivity index (χ2n) is 9.20. The molecule has 0 bridgehead atoms. The summed E-state index contributed by atoms with van der Waals surface area (Å²) in [6.07, 6.45) is 3.25. The fourth-order valence-electron chi connectivity index (χ4n) is 4.47. The molecule has 0 saturated carbocycles. The molecule has 3 aromatic carbocycles. The number of esters is 1. The van der Waals surface area contributed by atoms with Crippen molar-refractivity contribution in [2.75, 3.05) is 7.11 Å². The summed E-state index contributed by atoms with van der Waals surface area (Å²) in [5, 5.41) is 8.47. The van der Waals surface area contributed by atoms with E-state index < -0.39 is 17.6 Å². The standard InChI is InChI=1S/C30H23Cl2N5O4/c1-41-30(40)21-9-7-20(8-10-21)14-27(38)26(13-19-5-3-2-4-6-19)36-18-33-24(16-29(36)39)23-15-22(31)11-12-25(23)37-17-28(32)34-35-37/h2-12,15-18,26H,13-14H2,1H3/t26-/m0/s1. The van der Waals surface area contributed by atoms with E-state index in [1.165, 1.54) is 34.9 Å². The van der Waals surface area contributed by atoms with Crippen molar-refractivity contribution in [1.82, 2.24) is 24.5 Å². The molecule has 2 aromatic heterocycles. The SMILES string of the molecule is COC(=O)c1ccc(CC(=O)[C@H](Cc2ccccc2)n2cnc(-c3cc(Cl)ccc3-n3cc(Cl)nn3)cc2=O)cc1. The Morgan fingerprint density at radius 3 is 2.37 bits per heavy atom. The molecule has 206 valence electrons. The van der Waals surface area contributed by atoms with E-state index in [1.807, 2.05) is 30.3 Å². The zero-order valence-corrected chi connectivity index (χ0v) is 23.3. The number of ketones is 1. The number of aromatic nitrogens is 5. The van der Waals surface area contributed by atoms with E-state index in [9.17, 15) is 14.4 Å². The molecule has 0 fully saturated rings. The molecule has 11 heteroatoms. The van der Waals surface area contributed by atoms with Crippen molar-refractivity contribution in [3.05, 3.63) is 129 Å². The summed E-state index contributed by atoms with van der Waals surface area (Å²) in [5.74, 6) is -0.644. The molecular weight excluding hydrogens is 565 g/mol. The Morgan fingerprint density at radius 2 is 1.71 bits per heavy atom. The monoisotopic (exact) mass is 587 g/mol. The highest BCUT2D eigenvalue weighted by atomic mass is 35.5. The lowest BCUT2D eigenvalue weighted by Gasteiger charge is -2.19. The van der Waals surface area contributed by atoms with Gasteiger partial charge in [0.25, 0.3) is 5.56 Å². The van der Waals surface area contributed by atoms with Gasteiger partial charge in [0.1, 0.15) is 6.04 Å². The summed E-state index contributed by atoms with van der Waals surface area (Å²) < 4.78 is 7.55. The number of carbonyl (C=O) groups is 2. The van der Waals surface area contributed by atoms with Crippen LogP contribution in [0.25, 0.3) is 16.9 Å². The first-order valence-electron chi connectivity index (χ1n) is 12.5. The van der Waals surface area contributed by atoms with Crippen LogP contribution in [0.2, 0.25) is 10.2 Å². The van der Waals surface area contributed by atoms with E-state index in [2.05, 4.69) is 15.3 Å². The summed E-state index contributed by atoms with van der Waals surface area (Å²) in [6, 6.07) is 21.7. The number of halogens is 2. The van der Waals surface area contributed by atoms with Crippen molar-refractivity contribution >= 4 is 35.0 Å². The molecule has 0 spiro atoms. The van der Waals surface area contributed by atoms with Crippen LogP contribution in [0.1, 0.15) is 27.5 Å². The molecule has 1 atom stereocenters. The second kappa shape index (κ2) is 12.3. The topological polar surface area (TPSA) is 109 Å². The van der Waals surface area contributed by atoms with Crippen LogP contribution >= 0.6 is 23.2 Å². The van der Waals surface area contributed by atoms with Crippen molar-refractivity contribution < 1.29 is 14.3 Å². The van der Waals surface area contributed by atoms with Crippen molar-refractivity contribution in [2.24, 2.45) is 0 Å². The molecule has 41 heavy (non-hydrogen) atoms. The van der Waals surface area contributed by atoms with Crippen LogP contribution < -0.4 is 5.56 Å². The third-order valence-corrected chi connectivity index (χ3v) is 6.92. The van der Waals surface area contributed by atoms with Crippen LogP contribution in [0.15, 0.2) is 96.2 Å². The number of rotatable bonds is 9. The van der Waals surface area contributed by atoms with E-state index in [0.717, 1.165) is 5.56 Å². The number of carbonyl (C=O) groups excluding carboxylic acids is 2. The lowest BCUT2D eigenvalue weighted by atomic mass is 9.97. The van der Waals surface area contributed by atoms with Crippen LogP contribution in [0, 0.1) is 0 Å². The molecule has 0 radical (unpaired) electrons. The van der Waals surface area contributed by atoms with Gasteiger partial charge in [-0.15, -0.1) is 5.10 Å². The lowest BCUT2D eigenvalue weighted by Crippen LogP contribution is -2.32. The number of hydrogen-bond donors (Lipinski definition) is 0. The van der Waals surface area contributed by atoms with Crippen molar-refractivity contribution in [3.8, 4) is 16.9 Å². The predicted octanol–water partition coefficient (Wildman–Crippen LogP) is 5.18. The smallest absolute Gasteiger partial charge is 0.337 e. The van der Waals surface area contributed by atoms with Gasteiger partial charge in [-0.3, -0.25) is 14.2 Å². The number of methoxy groups -OCH3 is 1. The molecular formula is C30H23Cl2N5O4. The Labute approximate surface area is 244 Å². The molecule has 0 N–H and O–H groups in total. The van der Waals surface area contributed by atoms with Crippen LogP contribution in [0.5, 0.6) is 0 Å². The molecule has 0 saturated heterocycles. The second-order valence-corrected chi connectivity index (χ2v) is 10.0. The zero-order valence-electron chi connectivity index (χ0n) is 21.8. The van der Waals surface area contributed by atoms with Gasteiger partial charge in [-0.25, -0.2) is 14.5 Å². The van der Waals surface area contributed by atoms with Gasteiger partial charge < -0.3 is 4.74 Å². The predicted molar refractivity (Wildman–Crippen MR) is 155 cm³/mol. The number of nitrogens with zero attached hydrogens (tertiary/aromatic N) is 5. The Morgan fingerprint density at radius 1 is 0.951 bits per heavy atom. The molecule has 0 unspecified atom stereocenters. The quantitative estimate of drug-likeness (QED) is 0.218. The van der Waals surface area contributed by atoms with E-state index in [4.69, 9.17) is 27.9 Å². The van der Waals surface area contributed by atoms with Crippen molar-refractivity contribution in [2.45, 2.75) is 18.9 Å². The van der Waals surface area contributed by atoms with E-state index in [-0.39, 0.29) is 17.4 Å². The Balaban J connectivity index is 1.49. The average Bonchev–Trinajstić information content (AvgIpc) is 3.42. The first-order valence-corrected chi connectivity index (χ1v) is 13.3. The molecule has 9 nitrogen and oxygen atoms in total. The minimum Gasteiger partial charge on any atom is -0.465 e. The molecule has 0 aliphatic rings. The largest absolute Gasteiger partial charge is 0.465 e. The first kappa shape index (κ1) is 27.9. The van der Waals surface area contributed by atoms with Gasteiger partial charge in [-0.05, 0) is 41.5 Å². The maximum absolute atomic E-state index is 13.7. The summed E-state index contributed by atoms with van der Waals surface area (Å²) in [6.45, 7) is 0. The highest BCUT2D eigenvalue weighted by Crippen LogP contribution is 2.28. The summed E-state index contributed by atoms with van der Waals surface area (Å²) in [4.78, 5) is 43.5. The zero-order chi connectivity index (χ0) is 28.9. The lowest BCUT2D eigenvalue weighted by molar-refractivity contribution is -0.121.